The van der Waals surface area contributed by atoms with Gasteiger partial charge in [-0.3, -0.25) is 9.59 Å². The standard InChI is InChI=1S/C17H24O2/c1-12-5-3-8-17-14(6-4-7-16(12)17)9-10-15(11-18)13(2)19/h10-11,14,16-17H,1,3-9H2,2H3/b15-10+. The molecule has 0 bridgehead atoms. The summed E-state index contributed by atoms with van der Waals surface area (Å²) in [5.74, 6) is 1.93. The fourth-order valence-electron chi connectivity index (χ4n) is 3.90. The van der Waals surface area contributed by atoms with E-state index in [2.05, 4.69) is 6.58 Å². The first-order valence-corrected chi connectivity index (χ1v) is 7.47. The van der Waals surface area contributed by atoms with Crippen molar-refractivity contribution in [2.75, 3.05) is 0 Å². The van der Waals surface area contributed by atoms with Gasteiger partial charge in [0.15, 0.2) is 12.1 Å². The number of aldehydes is 1. The molecule has 19 heavy (non-hydrogen) atoms. The third-order valence-corrected chi connectivity index (χ3v) is 4.95. The molecular formula is C17H24O2. The van der Waals surface area contributed by atoms with Crippen LogP contribution in [0.2, 0.25) is 0 Å². The second kappa shape index (κ2) is 6.31. The lowest BCUT2D eigenvalue weighted by molar-refractivity contribution is -0.115. The van der Waals surface area contributed by atoms with E-state index >= 15 is 0 Å². The molecule has 0 spiro atoms. The van der Waals surface area contributed by atoms with E-state index in [0.29, 0.717) is 23.7 Å². The zero-order chi connectivity index (χ0) is 13.8. The maximum absolute atomic E-state index is 11.3. The highest BCUT2D eigenvalue weighted by Gasteiger charge is 2.35. The van der Waals surface area contributed by atoms with Gasteiger partial charge >= 0.3 is 0 Å². The van der Waals surface area contributed by atoms with E-state index in [1.54, 1.807) is 0 Å². The summed E-state index contributed by atoms with van der Waals surface area (Å²) in [7, 11) is 0. The molecule has 0 heterocycles. The summed E-state index contributed by atoms with van der Waals surface area (Å²) in [5.41, 5.74) is 1.78. The van der Waals surface area contributed by atoms with Gasteiger partial charge in [-0.05, 0) is 63.2 Å². The van der Waals surface area contributed by atoms with E-state index in [-0.39, 0.29) is 5.78 Å². The highest BCUT2D eigenvalue weighted by molar-refractivity contribution is 6.10. The van der Waals surface area contributed by atoms with Crippen LogP contribution >= 0.6 is 0 Å². The highest BCUT2D eigenvalue weighted by Crippen LogP contribution is 2.47. The number of carbonyl (C=O) groups excluding carboxylic acids is 2. The van der Waals surface area contributed by atoms with Crippen LogP contribution in [0.15, 0.2) is 23.8 Å². The first-order valence-electron chi connectivity index (χ1n) is 7.47. The first kappa shape index (κ1) is 14.2. The molecule has 0 saturated heterocycles. The third-order valence-electron chi connectivity index (χ3n) is 4.95. The van der Waals surface area contributed by atoms with Crippen LogP contribution < -0.4 is 0 Å². The number of fused-ring (bicyclic) bond motifs is 1. The van der Waals surface area contributed by atoms with Gasteiger partial charge < -0.3 is 0 Å². The predicted octanol–water partition coefficient (Wildman–Crippen LogP) is 3.86. The van der Waals surface area contributed by atoms with Crippen molar-refractivity contribution in [1.29, 1.82) is 0 Å². The Bertz CT molecular complexity index is 405. The lowest BCUT2D eigenvalue weighted by Crippen LogP contribution is -2.32. The Morgan fingerprint density at radius 3 is 2.79 bits per heavy atom. The highest BCUT2D eigenvalue weighted by atomic mass is 16.1. The average Bonchev–Trinajstić information content (AvgIpc) is 2.40. The first-order chi connectivity index (χ1) is 9.13. The predicted molar refractivity (Wildman–Crippen MR) is 76.8 cm³/mol. The van der Waals surface area contributed by atoms with Crippen molar-refractivity contribution in [1.82, 2.24) is 0 Å². The van der Waals surface area contributed by atoms with Crippen LogP contribution in [0.1, 0.15) is 51.9 Å². The van der Waals surface area contributed by atoms with Crippen molar-refractivity contribution in [3.8, 4) is 0 Å². The van der Waals surface area contributed by atoms with Crippen LogP contribution in [0, 0.1) is 17.8 Å². The van der Waals surface area contributed by atoms with Gasteiger partial charge in [0, 0.05) is 0 Å². The maximum atomic E-state index is 11.3. The fourth-order valence-corrected chi connectivity index (χ4v) is 3.90. The van der Waals surface area contributed by atoms with Crippen LogP contribution in [0.25, 0.3) is 0 Å². The number of rotatable bonds is 4. The Labute approximate surface area is 116 Å². The SMILES string of the molecule is C=C1CCCC2C(C/C=C(\C=O)C(C)=O)CCCC12. The van der Waals surface area contributed by atoms with E-state index in [1.807, 2.05) is 6.08 Å². The monoisotopic (exact) mass is 260 g/mol. The van der Waals surface area contributed by atoms with Gasteiger partial charge in [0.1, 0.15) is 0 Å². The van der Waals surface area contributed by atoms with Crippen LogP contribution in [-0.4, -0.2) is 12.1 Å². The van der Waals surface area contributed by atoms with Crippen LogP contribution in [0.4, 0.5) is 0 Å². The van der Waals surface area contributed by atoms with E-state index < -0.39 is 0 Å². The molecule has 2 fully saturated rings. The minimum Gasteiger partial charge on any atom is -0.298 e. The Morgan fingerprint density at radius 1 is 1.32 bits per heavy atom. The van der Waals surface area contributed by atoms with Crippen molar-refractivity contribution in [2.24, 2.45) is 17.8 Å². The maximum Gasteiger partial charge on any atom is 0.162 e. The molecule has 3 unspecified atom stereocenters. The number of hydrogen-bond donors (Lipinski definition) is 0. The molecule has 0 radical (unpaired) electrons. The molecule has 0 amide bonds. The van der Waals surface area contributed by atoms with Gasteiger partial charge in [0.2, 0.25) is 0 Å². The van der Waals surface area contributed by atoms with Crippen LogP contribution in [-0.2, 0) is 9.59 Å². The minimum absolute atomic E-state index is 0.115. The third kappa shape index (κ3) is 3.23. The Balaban J connectivity index is 2.05. The van der Waals surface area contributed by atoms with Gasteiger partial charge in [-0.2, -0.15) is 0 Å². The van der Waals surface area contributed by atoms with E-state index in [0.717, 1.165) is 12.3 Å². The Kier molecular flexibility index (Phi) is 4.73. The van der Waals surface area contributed by atoms with Crippen LogP contribution in [0.5, 0.6) is 0 Å². The normalized spacial score (nSPS) is 31.7. The molecule has 2 aliphatic rings. The summed E-state index contributed by atoms with van der Waals surface area (Å²) in [6, 6.07) is 0. The van der Waals surface area contributed by atoms with E-state index in [1.165, 1.54) is 51.0 Å². The molecule has 2 heteroatoms. The minimum atomic E-state index is -0.115. The summed E-state index contributed by atoms with van der Waals surface area (Å²) in [4.78, 5) is 22.1. The number of allylic oxidation sites excluding steroid dienone is 3. The molecule has 2 aliphatic carbocycles. The summed E-state index contributed by atoms with van der Waals surface area (Å²) in [5, 5.41) is 0. The largest absolute Gasteiger partial charge is 0.298 e. The molecule has 2 saturated carbocycles. The fraction of sp³-hybridized carbons (Fsp3) is 0.647. The molecule has 0 aliphatic heterocycles. The van der Waals surface area contributed by atoms with E-state index in [9.17, 15) is 9.59 Å². The van der Waals surface area contributed by atoms with E-state index in [4.69, 9.17) is 0 Å². The summed E-state index contributed by atoms with van der Waals surface area (Å²) >= 11 is 0. The Morgan fingerprint density at radius 2 is 2.11 bits per heavy atom. The van der Waals surface area contributed by atoms with Crippen molar-refractivity contribution in [3.05, 3.63) is 23.8 Å². The molecular weight excluding hydrogens is 236 g/mol. The molecule has 104 valence electrons. The second-order valence-corrected chi connectivity index (χ2v) is 6.08. The van der Waals surface area contributed by atoms with Gasteiger partial charge in [-0.15, -0.1) is 0 Å². The average molecular weight is 260 g/mol. The van der Waals surface area contributed by atoms with Gasteiger partial charge in [-0.1, -0.05) is 24.6 Å². The summed E-state index contributed by atoms with van der Waals surface area (Å²) in [6.07, 6.45) is 11.0. The summed E-state index contributed by atoms with van der Waals surface area (Å²) < 4.78 is 0. The molecule has 3 atom stereocenters. The zero-order valence-corrected chi connectivity index (χ0v) is 11.9. The topological polar surface area (TPSA) is 34.1 Å². The smallest absolute Gasteiger partial charge is 0.162 e. The van der Waals surface area contributed by atoms with Gasteiger partial charge in [-0.25, -0.2) is 0 Å². The number of ketones is 1. The van der Waals surface area contributed by atoms with Crippen molar-refractivity contribution >= 4 is 12.1 Å². The molecule has 2 rings (SSSR count). The molecule has 0 aromatic heterocycles. The molecule has 2 nitrogen and oxygen atoms in total. The zero-order valence-electron chi connectivity index (χ0n) is 11.9. The van der Waals surface area contributed by atoms with Crippen molar-refractivity contribution in [2.45, 2.75) is 51.9 Å². The Hall–Kier alpha value is -1.18. The molecule has 0 aromatic carbocycles. The van der Waals surface area contributed by atoms with Crippen molar-refractivity contribution in [3.63, 3.8) is 0 Å². The number of Topliss-reactive ketones (excluding diaryl/α,β-unsaturated/α-hetero) is 1. The number of carbonyl (C=O) groups is 2. The molecule has 0 aromatic rings. The lowest BCUT2D eigenvalue weighted by atomic mass is 9.63. The van der Waals surface area contributed by atoms with Gasteiger partial charge in [0.05, 0.1) is 5.57 Å². The number of hydrogen-bond acceptors (Lipinski definition) is 2. The summed E-state index contributed by atoms with van der Waals surface area (Å²) in [6.45, 7) is 5.71. The van der Waals surface area contributed by atoms with Gasteiger partial charge in [0.25, 0.3) is 0 Å². The van der Waals surface area contributed by atoms with Crippen LogP contribution in [0.3, 0.4) is 0 Å². The lowest BCUT2D eigenvalue weighted by Gasteiger charge is -2.42. The second-order valence-electron chi connectivity index (χ2n) is 6.08. The molecule has 0 N–H and O–H groups in total. The quantitative estimate of drug-likeness (QED) is 0.253. The van der Waals surface area contributed by atoms with Crippen molar-refractivity contribution < 1.29 is 9.59 Å².